The Morgan fingerprint density at radius 1 is 0.880 bits per heavy atom. The highest BCUT2D eigenvalue weighted by molar-refractivity contribution is 6.39. The first-order valence-electron chi connectivity index (χ1n) is 8.41. The summed E-state index contributed by atoms with van der Waals surface area (Å²) in [6.45, 7) is 4.75. The number of benzene rings is 3. The number of hydrogen-bond acceptors (Lipinski definition) is 1. The highest BCUT2D eigenvalue weighted by atomic mass is 35.5. The number of hydrogen-bond donors (Lipinski definition) is 0. The second-order valence-electron chi connectivity index (χ2n) is 6.11. The SMILES string of the molecule is CCN(CCc1cccc2ccccc12)Cc1c(Cl)cc(Cl)cc1Cl. The summed E-state index contributed by atoms with van der Waals surface area (Å²) in [6.07, 6.45) is 0.984. The predicted molar refractivity (Wildman–Crippen MR) is 110 cm³/mol. The van der Waals surface area contributed by atoms with Crippen LogP contribution in [0.4, 0.5) is 0 Å². The standard InChI is InChI=1S/C21H20Cl3N/c1-2-25(14-19-20(23)12-17(22)13-21(19)24)11-10-16-8-5-7-15-6-3-4-9-18(15)16/h3-9,12-13H,2,10-11,14H2,1H3. The van der Waals surface area contributed by atoms with Crippen LogP contribution in [0.25, 0.3) is 10.8 Å². The fraction of sp³-hybridized carbons (Fsp3) is 0.238. The lowest BCUT2D eigenvalue weighted by Gasteiger charge is -2.22. The van der Waals surface area contributed by atoms with E-state index in [1.165, 1.54) is 16.3 Å². The van der Waals surface area contributed by atoms with Gasteiger partial charge in [-0.1, -0.05) is 84.2 Å². The third kappa shape index (κ3) is 4.48. The first kappa shape index (κ1) is 18.5. The molecule has 0 amide bonds. The molecule has 3 aromatic rings. The topological polar surface area (TPSA) is 3.24 Å². The summed E-state index contributed by atoms with van der Waals surface area (Å²) in [4.78, 5) is 2.35. The zero-order chi connectivity index (χ0) is 17.8. The number of rotatable bonds is 6. The second-order valence-corrected chi connectivity index (χ2v) is 7.36. The Hall–Kier alpha value is -1.25. The molecule has 0 aromatic heterocycles. The van der Waals surface area contributed by atoms with Gasteiger partial charge in [0.05, 0.1) is 0 Å². The van der Waals surface area contributed by atoms with E-state index >= 15 is 0 Å². The normalized spacial score (nSPS) is 11.4. The molecule has 0 saturated carbocycles. The van der Waals surface area contributed by atoms with E-state index in [0.29, 0.717) is 15.1 Å². The van der Waals surface area contributed by atoms with Crippen LogP contribution in [0, 0.1) is 0 Å². The molecule has 0 unspecified atom stereocenters. The van der Waals surface area contributed by atoms with Crippen molar-refractivity contribution in [3.05, 3.63) is 80.8 Å². The Kier molecular flexibility index (Phi) is 6.24. The monoisotopic (exact) mass is 391 g/mol. The van der Waals surface area contributed by atoms with Crippen molar-refractivity contribution < 1.29 is 0 Å². The van der Waals surface area contributed by atoms with Crippen LogP contribution >= 0.6 is 34.8 Å². The van der Waals surface area contributed by atoms with Crippen LogP contribution in [0.15, 0.2) is 54.6 Å². The fourth-order valence-corrected chi connectivity index (χ4v) is 4.02. The van der Waals surface area contributed by atoms with Crippen LogP contribution < -0.4 is 0 Å². The van der Waals surface area contributed by atoms with E-state index in [9.17, 15) is 0 Å². The fourth-order valence-electron chi connectivity index (χ4n) is 3.08. The van der Waals surface area contributed by atoms with E-state index in [1.807, 2.05) is 0 Å². The molecule has 0 bridgehead atoms. The maximum Gasteiger partial charge on any atom is 0.0480 e. The first-order valence-corrected chi connectivity index (χ1v) is 9.54. The Morgan fingerprint density at radius 3 is 2.28 bits per heavy atom. The van der Waals surface area contributed by atoms with E-state index in [2.05, 4.69) is 54.3 Å². The Balaban J connectivity index is 1.75. The molecule has 0 aliphatic rings. The van der Waals surface area contributed by atoms with Crippen molar-refractivity contribution in [3.8, 4) is 0 Å². The van der Waals surface area contributed by atoms with E-state index in [-0.39, 0.29) is 0 Å². The Labute approximate surface area is 164 Å². The molecule has 0 aliphatic heterocycles. The molecule has 0 spiro atoms. The molecular weight excluding hydrogens is 373 g/mol. The van der Waals surface area contributed by atoms with Gasteiger partial charge in [-0.25, -0.2) is 0 Å². The van der Waals surface area contributed by atoms with Crippen LogP contribution in [0.5, 0.6) is 0 Å². The molecule has 0 atom stereocenters. The van der Waals surface area contributed by atoms with Crippen molar-refractivity contribution in [3.63, 3.8) is 0 Å². The van der Waals surface area contributed by atoms with Gasteiger partial charge < -0.3 is 0 Å². The molecule has 3 rings (SSSR count). The van der Waals surface area contributed by atoms with Crippen molar-refractivity contribution in [1.82, 2.24) is 4.90 Å². The maximum absolute atomic E-state index is 6.34. The van der Waals surface area contributed by atoms with E-state index < -0.39 is 0 Å². The highest BCUT2D eigenvalue weighted by Crippen LogP contribution is 2.30. The van der Waals surface area contributed by atoms with Crippen LogP contribution in [-0.2, 0) is 13.0 Å². The number of nitrogens with zero attached hydrogens (tertiary/aromatic N) is 1. The van der Waals surface area contributed by atoms with Crippen LogP contribution in [0.3, 0.4) is 0 Å². The second kappa shape index (κ2) is 8.42. The molecular formula is C21H20Cl3N. The minimum Gasteiger partial charge on any atom is -0.299 e. The van der Waals surface area contributed by atoms with Gasteiger partial charge in [0.15, 0.2) is 0 Å². The molecule has 25 heavy (non-hydrogen) atoms. The van der Waals surface area contributed by atoms with E-state index in [4.69, 9.17) is 34.8 Å². The molecule has 0 heterocycles. The van der Waals surface area contributed by atoms with Crippen molar-refractivity contribution >= 4 is 45.6 Å². The summed E-state index contributed by atoms with van der Waals surface area (Å²) >= 11 is 18.7. The molecule has 1 nitrogen and oxygen atoms in total. The maximum atomic E-state index is 6.34. The third-order valence-electron chi connectivity index (χ3n) is 4.51. The smallest absolute Gasteiger partial charge is 0.0480 e. The average molecular weight is 393 g/mol. The Morgan fingerprint density at radius 2 is 1.56 bits per heavy atom. The van der Waals surface area contributed by atoms with Crippen molar-refractivity contribution in [2.75, 3.05) is 13.1 Å². The molecule has 0 aliphatic carbocycles. The van der Waals surface area contributed by atoms with Gasteiger partial charge >= 0.3 is 0 Å². The number of likely N-dealkylation sites (N-methyl/N-ethyl adjacent to an activating group) is 1. The zero-order valence-electron chi connectivity index (χ0n) is 14.1. The summed E-state index contributed by atoms with van der Waals surface area (Å²) in [5, 5.41) is 4.43. The predicted octanol–water partition coefficient (Wildman–Crippen LogP) is 6.86. The number of halogens is 3. The van der Waals surface area contributed by atoms with Crippen molar-refractivity contribution in [1.29, 1.82) is 0 Å². The van der Waals surface area contributed by atoms with Gasteiger partial charge in [-0.2, -0.15) is 0 Å². The lowest BCUT2D eigenvalue weighted by atomic mass is 10.0. The quantitative estimate of drug-likeness (QED) is 0.442. The minimum atomic E-state index is 0.567. The molecule has 4 heteroatoms. The molecule has 130 valence electrons. The van der Waals surface area contributed by atoms with Gasteiger partial charge in [0, 0.05) is 33.7 Å². The van der Waals surface area contributed by atoms with E-state index in [1.54, 1.807) is 12.1 Å². The first-order chi connectivity index (χ1) is 12.1. The van der Waals surface area contributed by atoms with Gasteiger partial charge in [0.2, 0.25) is 0 Å². The molecule has 0 radical (unpaired) electrons. The average Bonchev–Trinajstić information content (AvgIpc) is 2.60. The van der Waals surface area contributed by atoms with Crippen LogP contribution in [0.2, 0.25) is 15.1 Å². The third-order valence-corrected chi connectivity index (χ3v) is 5.40. The molecule has 0 fully saturated rings. The Bertz CT molecular complexity index is 848. The van der Waals surface area contributed by atoms with E-state index in [0.717, 1.165) is 31.6 Å². The minimum absolute atomic E-state index is 0.567. The summed E-state index contributed by atoms with van der Waals surface area (Å²) in [5.74, 6) is 0. The van der Waals surface area contributed by atoms with Gasteiger partial charge in [-0.05, 0) is 41.4 Å². The summed E-state index contributed by atoms with van der Waals surface area (Å²) < 4.78 is 0. The molecule has 3 aromatic carbocycles. The lowest BCUT2D eigenvalue weighted by Crippen LogP contribution is -2.25. The van der Waals surface area contributed by atoms with Crippen molar-refractivity contribution in [2.45, 2.75) is 19.9 Å². The summed E-state index contributed by atoms with van der Waals surface area (Å²) in [7, 11) is 0. The molecule has 0 saturated heterocycles. The largest absolute Gasteiger partial charge is 0.299 e. The summed E-state index contributed by atoms with van der Waals surface area (Å²) in [6, 6.07) is 18.5. The summed E-state index contributed by atoms with van der Waals surface area (Å²) in [5.41, 5.74) is 2.30. The van der Waals surface area contributed by atoms with Crippen LogP contribution in [0.1, 0.15) is 18.1 Å². The molecule has 0 N–H and O–H groups in total. The highest BCUT2D eigenvalue weighted by Gasteiger charge is 2.12. The van der Waals surface area contributed by atoms with Crippen molar-refractivity contribution in [2.24, 2.45) is 0 Å². The lowest BCUT2D eigenvalue weighted by molar-refractivity contribution is 0.284. The van der Waals surface area contributed by atoms with Gasteiger partial charge in [0.25, 0.3) is 0 Å². The van der Waals surface area contributed by atoms with Gasteiger partial charge in [-0.15, -0.1) is 0 Å². The number of fused-ring (bicyclic) bond motifs is 1. The van der Waals surface area contributed by atoms with Crippen LogP contribution in [-0.4, -0.2) is 18.0 Å². The van der Waals surface area contributed by atoms with Gasteiger partial charge in [-0.3, -0.25) is 4.90 Å². The van der Waals surface area contributed by atoms with Gasteiger partial charge in [0.1, 0.15) is 0 Å². The zero-order valence-corrected chi connectivity index (χ0v) is 16.4.